The first-order valence-corrected chi connectivity index (χ1v) is 5.41. The van der Waals surface area contributed by atoms with Gasteiger partial charge in [-0.15, -0.1) is 0 Å². The van der Waals surface area contributed by atoms with Crippen molar-refractivity contribution in [2.24, 2.45) is 0 Å². The molecule has 0 aromatic heterocycles. The number of carbonyl (C=O) groups is 1. The molecular weight excluding hydrogens is 192 g/mol. The first-order valence-electron chi connectivity index (χ1n) is 4.78. The molecule has 0 atom stereocenters. The molecule has 0 N–H and O–H groups in total. The molecule has 76 valence electrons. The summed E-state index contributed by atoms with van der Waals surface area (Å²) in [5.41, 5.74) is 4.34. The Kier molecular flexibility index (Phi) is 3.76. The topological polar surface area (TPSA) is 17.1 Å². The van der Waals surface area contributed by atoms with Gasteiger partial charge in [0.1, 0.15) is 0 Å². The van der Waals surface area contributed by atoms with Crippen molar-refractivity contribution in [2.75, 3.05) is 5.75 Å². The van der Waals surface area contributed by atoms with Crippen LogP contribution in [-0.2, 0) is 0 Å². The Balaban J connectivity index is 3.09. The molecule has 0 heterocycles. The van der Waals surface area contributed by atoms with Crippen LogP contribution < -0.4 is 0 Å². The first-order chi connectivity index (χ1) is 6.56. The lowest BCUT2D eigenvalue weighted by Crippen LogP contribution is -2.03. The molecule has 2 heteroatoms. The van der Waals surface area contributed by atoms with Crippen LogP contribution in [0.5, 0.6) is 0 Å². The van der Waals surface area contributed by atoms with Gasteiger partial charge in [-0.3, -0.25) is 4.79 Å². The molecule has 0 spiro atoms. The van der Waals surface area contributed by atoms with E-state index in [0.29, 0.717) is 12.2 Å². The van der Waals surface area contributed by atoms with Crippen LogP contribution in [0.15, 0.2) is 12.1 Å². The summed E-state index contributed by atoms with van der Waals surface area (Å²) in [6, 6.07) is 4.05. The number of Topliss-reactive ketones (excluding diaryl/α,β-unsaturated/α-hetero) is 1. The van der Waals surface area contributed by atoms with Gasteiger partial charge in [-0.1, -0.05) is 6.07 Å². The van der Waals surface area contributed by atoms with Gasteiger partial charge in [0, 0.05) is 12.0 Å². The molecule has 0 saturated heterocycles. The standard InChI is InChI=1S/C12H16OS/c1-8-6-10(3)11(7-9(8)2)12(13)4-5-14/h6-7,14H,4-5H2,1-3H3. The highest BCUT2D eigenvalue weighted by atomic mass is 32.1. The molecular formula is C12H16OS. The predicted octanol–water partition coefficient (Wildman–Crippen LogP) is 3.11. The van der Waals surface area contributed by atoms with Gasteiger partial charge in [0.25, 0.3) is 0 Å². The minimum Gasteiger partial charge on any atom is -0.294 e. The van der Waals surface area contributed by atoms with Crippen molar-refractivity contribution in [1.82, 2.24) is 0 Å². The average molecular weight is 208 g/mol. The van der Waals surface area contributed by atoms with E-state index in [4.69, 9.17) is 0 Å². The van der Waals surface area contributed by atoms with E-state index in [2.05, 4.69) is 25.6 Å². The summed E-state index contributed by atoms with van der Waals surface area (Å²) >= 11 is 4.07. The maximum atomic E-state index is 11.7. The highest BCUT2D eigenvalue weighted by molar-refractivity contribution is 7.80. The van der Waals surface area contributed by atoms with Gasteiger partial charge >= 0.3 is 0 Å². The van der Waals surface area contributed by atoms with Crippen molar-refractivity contribution in [3.63, 3.8) is 0 Å². The van der Waals surface area contributed by atoms with Crippen LogP contribution in [0.2, 0.25) is 0 Å². The molecule has 0 saturated carbocycles. The van der Waals surface area contributed by atoms with Crippen LogP contribution >= 0.6 is 12.6 Å². The van der Waals surface area contributed by atoms with Gasteiger partial charge in [0.05, 0.1) is 0 Å². The van der Waals surface area contributed by atoms with Gasteiger partial charge < -0.3 is 0 Å². The van der Waals surface area contributed by atoms with E-state index in [9.17, 15) is 4.79 Å². The second kappa shape index (κ2) is 4.65. The van der Waals surface area contributed by atoms with Crippen molar-refractivity contribution in [3.05, 3.63) is 34.4 Å². The van der Waals surface area contributed by atoms with Gasteiger partial charge in [0.2, 0.25) is 0 Å². The highest BCUT2D eigenvalue weighted by Gasteiger charge is 2.09. The zero-order valence-corrected chi connectivity index (χ0v) is 9.82. The predicted molar refractivity (Wildman–Crippen MR) is 63.5 cm³/mol. The maximum Gasteiger partial charge on any atom is 0.163 e. The summed E-state index contributed by atoms with van der Waals surface area (Å²) < 4.78 is 0. The molecule has 0 bridgehead atoms. The normalized spacial score (nSPS) is 10.3. The first kappa shape index (κ1) is 11.3. The third kappa shape index (κ3) is 2.38. The lowest BCUT2D eigenvalue weighted by molar-refractivity contribution is 0.0989. The van der Waals surface area contributed by atoms with Crippen molar-refractivity contribution < 1.29 is 4.79 Å². The average Bonchev–Trinajstić information content (AvgIpc) is 2.11. The van der Waals surface area contributed by atoms with E-state index in [-0.39, 0.29) is 5.78 Å². The Morgan fingerprint density at radius 3 is 2.29 bits per heavy atom. The minimum atomic E-state index is 0.195. The van der Waals surface area contributed by atoms with Crippen LogP contribution in [0.25, 0.3) is 0 Å². The maximum absolute atomic E-state index is 11.7. The molecule has 1 nitrogen and oxygen atoms in total. The number of ketones is 1. The SMILES string of the molecule is Cc1cc(C)c(C(=O)CCS)cc1C. The summed E-state index contributed by atoms with van der Waals surface area (Å²) in [5, 5.41) is 0. The third-order valence-corrected chi connectivity index (χ3v) is 2.70. The lowest BCUT2D eigenvalue weighted by Gasteiger charge is -2.08. The van der Waals surface area contributed by atoms with E-state index in [1.165, 1.54) is 11.1 Å². The van der Waals surface area contributed by atoms with E-state index < -0.39 is 0 Å². The molecule has 1 rings (SSSR count). The van der Waals surface area contributed by atoms with Crippen LogP contribution in [0.4, 0.5) is 0 Å². The van der Waals surface area contributed by atoms with Gasteiger partial charge in [-0.05, 0) is 49.3 Å². The smallest absolute Gasteiger partial charge is 0.163 e. The molecule has 0 radical (unpaired) electrons. The Morgan fingerprint density at radius 2 is 1.71 bits per heavy atom. The summed E-state index contributed by atoms with van der Waals surface area (Å²) in [6.45, 7) is 6.08. The molecule has 0 amide bonds. The second-order valence-electron chi connectivity index (χ2n) is 3.65. The fraction of sp³-hybridized carbons (Fsp3) is 0.417. The Morgan fingerprint density at radius 1 is 1.14 bits per heavy atom. The van der Waals surface area contributed by atoms with E-state index in [0.717, 1.165) is 11.1 Å². The highest BCUT2D eigenvalue weighted by Crippen LogP contribution is 2.16. The quantitative estimate of drug-likeness (QED) is 0.596. The number of carbonyl (C=O) groups excluding carboxylic acids is 1. The molecule has 0 aliphatic rings. The van der Waals surface area contributed by atoms with Gasteiger partial charge in [0.15, 0.2) is 5.78 Å². The van der Waals surface area contributed by atoms with E-state index in [1.807, 2.05) is 19.9 Å². The number of thiol groups is 1. The van der Waals surface area contributed by atoms with Crippen molar-refractivity contribution in [1.29, 1.82) is 0 Å². The number of benzene rings is 1. The summed E-state index contributed by atoms with van der Waals surface area (Å²) in [4.78, 5) is 11.7. The largest absolute Gasteiger partial charge is 0.294 e. The molecule has 14 heavy (non-hydrogen) atoms. The molecule has 0 aliphatic heterocycles. The number of hydrogen-bond acceptors (Lipinski definition) is 2. The van der Waals surface area contributed by atoms with E-state index in [1.54, 1.807) is 0 Å². The Bertz CT molecular complexity index is 356. The van der Waals surface area contributed by atoms with Crippen LogP contribution in [0.1, 0.15) is 33.5 Å². The number of aryl methyl sites for hydroxylation is 3. The Hall–Kier alpha value is -0.760. The number of rotatable bonds is 3. The summed E-state index contributed by atoms with van der Waals surface area (Å²) in [7, 11) is 0. The lowest BCUT2D eigenvalue weighted by atomic mass is 9.97. The minimum absolute atomic E-state index is 0.195. The number of hydrogen-bond donors (Lipinski definition) is 1. The molecule has 1 aromatic rings. The summed E-state index contributed by atoms with van der Waals surface area (Å²) in [5.74, 6) is 0.811. The summed E-state index contributed by atoms with van der Waals surface area (Å²) in [6.07, 6.45) is 0.520. The second-order valence-corrected chi connectivity index (χ2v) is 4.10. The van der Waals surface area contributed by atoms with Crippen molar-refractivity contribution in [3.8, 4) is 0 Å². The van der Waals surface area contributed by atoms with Gasteiger partial charge in [-0.2, -0.15) is 12.6 Å². The van der Waals surface area contributed by atoms with Crippen LogP contribution in [0, 0.1) is 20.8 Å². The fourth-order valence-corrected chi connectivity index (χ4v) is 1.70. The van der Waals surface area contributed by atoms with Crippen molar-refractivity contribution >= 4 is 18.4 Å². The zero-order chi connectivity index (χ0) is 10.7. The fourth-order valence-electron chi connectivity index (χ4n) is 1.50. The molecule has 0 fully saturated rings. The van der Waals surface area contributed by atoms with Crippen LogP contribution in [0.3, 0.4) is 0 Å². The van der Waals surface area contributed by atoms with Crippen LogP contribution in [-0.4, -0.2) is 11.5 Å². The monoisotopic (exact) mass is 208 g/mol. The van der Waals surface area contributed by atoms with E-state index >= 15 is 0 Å². The third-order valence-electron chi connectivity index (χ3n) is 2.48. The molecule has 0 unspecified atom stereocenters. The van der Waals surface area contributed by atoms with Gasteiger partial charge in [-0.25, -0.2) is 0 Å². The molecule has 1 aromatic carbocycles. The molecule has 0 aliphatic carbocycles. The Labute approximate surface area is 90.9 Å². The van der Waals surface area contributed by atoms with Crippen molar-refractivity contribution in [2.45, 2.75) is 27.2 Å². The zero-order valence-electron chi connectivity index (χ0n) is 8.92.